The fourth-order valence-electron chi connectivity index (χ4n) is 6.64. The second-order valence-corrected chi connectivity index (χ2v) is 11.3. The van der Waals surface area contributed by atoms with Crippen LogP contribution in [0.25, 0.3) is 0 Å². The maximum Gasteiger partial charge on any atom is 0.272 e. The Balaban J connectivity index is 1.33. The maximum absolute atomic E-state index is 13.5. The Morgan fingerprint density at radius 2 is 1.63 bits per heavy atom. The molecular formula is C34H38N4O3. The van der Waals surface area contributed by atoms with E-state index in [0.29, 0.717) is 12.1 Å². The molecule has 1 saturated heterocycles. The Morgan fingerprint density at radius 3 is 2.17 bits per heavy atom. The number of piperidine rings is 1. The molecular weight excluding hydrogens is 512 g/mol. The number of benzene rings is 2. The zero-order valence-corrected chi connectivity index (χ0v) is 23.9. The number of hydrogen-bond acceptors (Lipinski definition) is 5. The molecule has 5 rings (SSSR count). The molecule has 212 valence electrons. The SMILES string of the molecule is CC1=CC([N+](=O)[O-])=CCC1C(CCN1CCC(c2ccccc2)(c2ccccc2)CC1)N(C)C(=O)c1ccccn1. The predicted molar refractivity (Wildman–Crippen MR) is 161 cm³/mol. The van der Waals surface area contributed by atoms with Crippen LogP contribution in [0.15, 0.2) is 108 Å². The number of aromatic nitrogens is 1. The van der Waals surface area contributed by atoms with E-state index in [1.807, 2.05) is 20.0 Å². The molecule has 0 radical (unpaired) electrons. The highest BCUT2D eigenvalue weighted by Gasteiger charge is 2.38. The zero-order valence-electron chi connectivity index (χ0n) is 23.9. The van der Waals surface area contributed by atoms with Gasteiger partial charge in [0.05, 0.1) is 4.92 Å². The number of likely N-dealkylation sites (tertiary alicyclic amines) is 1. The molecule has 2 aromatic carbocycles. The molecule has 2 unspecified atom stereocenters. The van der Waals surface area contributed by atoms with Crippen LogP contribution < -0.4 is 0 Å². The molecule has 3 aromatic rings. The van der Waals surface area contributed by atoms with Crippen LogP contribution in [0.1, 0.15) is 54.2 Å². The molecule has 1 amide bonds. The summed E-state index contributed by atoms with van der Waals surface area (Å²) >= 11 is 0. The van der Waals surface area contributed by atoms with E-state index >= 15 is 0 Å². The number of nitrogens with zero attached hydrogens (tertiary/aromatic N) is 4. The molecule has 1 fully saturated rings. The Morgan fingerprint density at radius 1 is 1.02 bits per heavy atom. The standard InChI is InChI=1S/C34H38N4O3/c1-26-25-29(38(40)41)16-17-30(26)32(36(2)33(39)31-15-9-10-21-35-31)18-22-37-23-19-34(20-24-37,27-11-5-3-6-12-27)28-13-7-4-8-14-28/h3-16,21,25,30,32H,17-20,22-24H2,1-2H3. The maximum atomic E-state index is 13.5. The van der Waals surface area contributed by atoms with Gasteiger partial charge < -0.3 is 9.80 Å². The van der Waals surface area contributed by atoms with Gasteiger partial charge >= 0.3 is 0 Å². The van der Waals surface area contributed by atoms with Crippen molar-refractivity contribution in [1.29, 1.82) is 0 Å². The minimum absolute atomic E-state index is 0.00822. The summed E-state index contributed by atoms with van der Waals surface area (Å²) < 4.78 is 0. The lowest BCUT2D eigenvalue weighted by atomic mass is 9.68. The number of amides is 1. The van der Waals surface area contributed by atoms with Gasteiger partial charge in [-0.15, -0.1) is 0 Å². The molecule has 0 N–H and O–H groups in total. The van der Waals surface area contributed by atoms with Crippen LogP contribution in [-0.4, -0.2) is 58.3 Å². The van der Waals surface area contributed by atoms with Gasteiger partial charge in [0.25, 0.3) is 11.6 Å². The van der Waals surface area contributed by atoms with Crippen LogP contribution in [-0.2, 0) is 5.41 Å². The van der Waals surface area contributed by atoms with Crippen molar-refractivity contribution in [2.24, 2.45) is 5.92 Å². The number of pyridine rings is 1. The van der Waals surface area contributed by atoms with Gasteiger partial charge in [0.1, 0.15) is 5.69 Å². The average Bonchev–Trinajstić information content (AvgIpc) is 3.02. The van der Waals surface area contributed by atoms with Gasteiger partial charge in [0, 0.05) is 43.2 Å². The molecule has 1 aliphatic carbocycles. The van der Waals surface area contributed by atoms with Gasteiger partial charge in [-0.05, 0) is 75.0 Å². The average molecular weight is 551 g/mol. The molecule has 0 spiro atoms. The predicted octanol–water partition coefficient (Wildman–Crippen LogP) is 6.12. The van der Waals surface area contributed by atoms with Gasteiger partial charge in [0.2, 0.25) is 0 Å². The largest absolute Gasteiger partial charge is 0.337 e. The summed E-state index contributed by atoms with van der Waals surface area (Å²) in [6.07, 6.45) is 8.34. The van der Waals surface area contributed by atoms with Crippen molar-refractivity contribution in [3.05, 3.63) is 135 Å². The van der Waals surface area contributed by atoms with E-state index in [2.05, 4.69) is 70.5 Å². The second kappa shape index (κ2) is 12.6. The minimum atomic E-state index is -0.336. The van der Waals surface area contributed by atoms with Crippen molar-refractivity contribution in [3.8, 4) is 0 Å². The van der Waals surface area contributed by atoms with Crippen LogP contribution in [0, 0.1) is 16.0 Å². The lowest BCUT2D eigenvalue weighted by molar-refractivity contribution is -0.419. The third kappa shape index (κ3) is 6.15. The summed E-state index contributed by atoms with van der Waals surface area (Å²) in [5.74, 6) is -0.118. The Hall–Kier alpha value is -4.10. The van der Waals surface area contributed by atoms with Crippen molar-refractivity contribution in [2.75, 3.05) is 26.7 Å². The monoisotopic (exact) mass is 550 g/mol. The van der Waals surface area contributed by atoms with E-state index in [9.17, 15) is 14.9 Å². The molecule has 7 heteroatoms. The number of nitro groups is 1. The highest BCUT2D eigenvalue weighted by molar-refractivity contribution is 5.92. The lowest BCUT2D eigenvalue weighted by Crippen LogP contribution is -2.47. The van der Waals surface area contributed by atoms with E-state index in [-0.39, 0.29) is 33.9 Å². The van der Waals surface area contributed by atoms with Gasteiger partial charge in [-0.3, -0.25) is 19.9 Å². The number of hydrogen-bond donors (Lipinski definition) is 0. The Bertz CT molecular complexity index is 1360. The first-order valence-corrected chi connectivity index (χ1v) is 14.4. The summed E-state index contributed by atoms with van der Waals surface area (Å²) in [5, 5.41) is 11.4. The zero-order chi connectivity index (χ0) is 28.8. The molecule has 0 saturated carbocycles. The first kappa shape index (κ1) is 28.4. The van der Waals surface area contributed by atoms with E-state index < -0.39 is 0 Å². The Labute approximate surface area is 242 Å². The third-order valence-electron chi connectivity index (χ3n) is 9.02. The topological polar surface area (TPSA) is 79.6 Å². The normalized spacial score (nSPS) is 19.5. The number of rotatable bonds is 9. The van der Waals surface area contributed by atoms with Crippen LogP contribution in [0.4, 0.5) is 0 Å². The fraction of sp³-hybridized carbons (Fsp3) is 0.353. The highest BCUT2D eigenvalue weighted by Crippen LogP contribution is 2.42. The van der Waals surface area contributed by atoms with E-state index in [4.69, 9.17) is 0 Å². The fourth-order valence-corrected chi connectivity index (χ4v) is 6.64. The van der Waals surface area contributed by atoms with Gasteiger partial charge in [-0.2, -0.15) is 0 Å². The van der Waals surface area contributed by atoms with Gasteiger partial charge in [0.15, 0.2) is 0 Å². The van der Waals surface area contributed by atoms with E-state index in [1.165, 1.54) is 11.1 Å². The summed E-state index contributed by atoms with van der Waals surface area (Å²) in [7, 11) is 1.84. The van der Waals surface area contributed by atoms with Crippen molar-refractivity contribution in [1.82, 2.24) is 14.8 Å². The first-order chi connectivity index (χ1) is 19.9. The molecule has 7 nitrogen and oxygen atoms in total. The molecule has 2 atom stereocenters. The smallest absolute Gasteiger partial charge is 0.272 e. The van der Waals surface area contributed by atoms with Crippen molar-refractivity contribution < 1.29 is 9.72 Å². The van der Waals surface area contributed by atoms with Crippen molar-refractivity contribution >= 4 is 5.91 Å². The van der Waals surface area contributed by atoms with E-state index in [1.54, 1.807) is 35.4 Å². The molecule has 1 aromatic heterocycles. The molecule has 1 aliphatic heterocycles. The summed E-state index contributed by atoms with van der Waals surface area (Å²) in [5.41, 5.74) is 4.19. The Kier molecular flexibility index (Phi) is 8.74. The second-order valence-electron chi connectivity index (χ2n) is 11.3. The van der Waals surface area contributed by atoms with Crippen molar-refractivity contribution in [2.45, 2.75) is 44.1 Å². The third-order valence-corrected chi connectivity index (χ3v) is 9.02. The summed E-state index contributed by atoms with van der Waals surface area (Å²) in [6.45, 7) is 4.71. The minimum Gasteiger partial charge on any atom is -0.337 e. The first-order valence-electron chi connectivity index (χ1n) is 14.4. The van der Waals surface area contributed by atoms with Crippen LogP contribution in [0.2, 0.25) is 0 Å². The molecule has 0 bridgehead atoms. The number of allylic oxidation sites excluding steroid dienone is 2. The van der Waals surface area contributed by atoms with E-state index in [0.717, 1.165) is 44.5 Å². The van der Waals surface area contributed by atoms with Gasteiger partial charge in [-0.25, -0.2) is 0 Å². The van der Waals surface area contributed by atoms with Crippen LogP contribution in [0.3, 0.4) is 0 Å². The van der Waals surface area contributed by atoms with Crippen LogP contribution in [0.5, 0.6) is 0 Å². The van der Waals surface area contributed by atoms with Gasteiger partial charge in [-0.1, -0.05) is 72.3 Å². The molecule has 41 heavy (non-hydrogen) atoms. The quantitative estimate of drug-likeness (QED) is 0.237. The molecule has 2 heterocycles. The molecule has 2 aliphatic rings. The van der Waals surface area contributed by atoms with Crippen LogP contribution >= 0.6 is 0 Å². The summed E-state index contributed by atoms with van der Waals surface area (Å²) in [6, 6.07) is 26.9. The number of carbonyl (C=O) groups is 1. The highest BCUT2D eigenvalue weighted by atomic mass is 16.6. The van der Waals surface area contributed by atoms with Crippen molar-refractivity contribution in [3.63, 3.8) is 0 Å². The summed E-state index contributed by atoms with van der Waals surface area (Å²) in [4.78, 5) is 33.1. The number of carbonyl (C=O) groups excluding carboxylic acids is 1. The lowest BCUT2D eigenvalue weighted by Gasteiger charge is -2.44.